The number of amides is 1. The first-order valence-electron chi connectivity index (χ1n) is 7.01. The van der Waals surface area contributed by atoms with E-state index >= 15 is 0 Å². The molecule has 3 aromatic heterocycles. The summed E-state index contributed by atoms with van der Waals surface area (Å²) in [5.41, 5.74) is 1.47. The van der Waals surface area contributed by atoms with E-state index in [0.717, 1.165) is 0 Å². The zero-order valence-corrected chi connectivity index (χ0v) is 13.9. The molecule has 11 heteroatoms. The summed E-state index contributed by atoms with van der Waals surface area (Å²) in [6.07, 6.45) is 2.01. The molecule has 9 nitrogen and oxygen atoms in total. The summed E-state index contributed by atoms with van der Waals surface area (Å²) in [5.74, 6) is 0.584. The Kier molecular flexibility index (Phi) is 3.36. The molecule has 1 N–H and O–H groups in total. The van der Waals surface area contributed by atoms with E-state index in [2.05, 4.69) is 20.2 Å². The van der Waals surface area contributed by atoms with Crippen molar-refractivity contribution in [3.05, 3.63) is 22.6 Å². The summed E-state index contributed by atoms with van der Waals surface area (Å²) in [7, 11) is 1.55. The van der Waals surface area contributed by atoms with Crippen molar-refractivity contribution < 1.29 is 9.90 Å². The number of anilines is 1. The topological polar surface area (TPSA) is 99.8 Å². The first-order valence-corrected chi connectivity index (χ1v) is 7.77. The molecule has 0 aliphatic carbocycles. The van der Waals surface area contributed by atoms with Gasteiger partial charge in [-0.1, -0.05) is 23.2 Å². The van der Waals surface area contributed by atoms with Crippen molar-refractivity contribution in [2.75, 3.05) is 25.0 Å². The van der Waals surface area contributed by atoms with Gasteiger partial charge in [0.15, 0.2) is 11.5 Å². The molecule has 1 aliphatic heterocycles. The van der Waals surface area contributed by atoms with Crippen LogP contribution in [0.25, 0.3) is 16.8 Å². The Morgan fingerprint density at radius 1 is 1.42 bits per heavy atom. The second-order valence-electron chi connectivity index (χ2n) is 5.50. The number of nitrogens with zero attached hydrogens (tertiary/aromatic N) is 7. The molecule has 24 heavy (non-hydrogen) atoms. The normalized spacial score (nSPS) is 15.0. The quantitative estimate of drug-likeness (QED) is 0.736. The molecular formula is C13H11Cl2N7O2. The number of carboxylic acid groups (broad SMARTS) is 1. The third kappa shape index (κ3) is 2.12. The van der Waals surface area contributed by atoms with Crippen LogP contribution in [0.3, 0.4) is 0 Å². The van der Waals surface area contributed by atoms with Gasteiger partial charge in [-0.3, -0.25) is 4.40 Å². The molecule has 4 heterocycles. The lowest BCUT2D eigenvalue weighted by Gasteiger charge is -2.43. The van der Waals surface area contributed by atoms with Crippen LogP contribution >= 0.6 is 23.2 Å². The fraction of sp³-hybridized carbons (Fsp3) is 0.308. The largest absolute Gasteiger partial charge is 0.465 e. The number of hydrogen-bond donors (Lipinski definition) is 1. The second kappa shape index (κ2) is 5.32. The van der Waals surface area contributed by atoms with Crippen molar-refractivity contribution in [1.29, 1.82) is 0 Å². The Labute approximate surface area is 145 Å². The van der Waals surface area contributed by atoms with Crippen molar-refractivity contribution in [2.24, 2.45) is 0 Å². The van der Waals surface area contributed by atoms with E-state index in [1.54, 1.807) is 11.4 Å². The number of hydrogen-bond acceptors (Lipinski definition) is 6. The molecule has 0 spiro atoms. The molecule has 4 rings (SSSR count). The van der Waals surface area contributed by atoms with Gasteiger partial charge in [0.2, 0.25) is 5.65 Å². The fourth-order valence-electron chi connectivity index (χ4n) is 2.69. The van der Waals surface area contributed by atoms with E-state index in [1.165, 1.54) is 17.4 Å². The van der Waals surface area contributed by atoms with Gasteiger partial charge in [-0.2, -0.15) is 0 Å². The van der Waals surface area contributed by atoms with E-state index in [0.29, 0.717) is 45.8 Å². The predicted octanol–water partition coefficient (Wildman–Crippen LogP) is 1.78. The van der Waals surface area contributed by atoms with Gasteiger partial charge < -0.3 is 14.9 Å². The van der Waals surface area contributed by atoms with Crippen LogP contribution in [0, 0.1) is 0 Å². The van der Waals surface area contributed by atoms with E-state index in [4.69, 9.17) is 28.3 Å². The second-order valence-corrected chi connectivity index (χ2v) is 6.29. The smallest absolute Gasteiger partial charge is 0.407 e. The Bertz CT molecular complexity index is 970. The predicted molar refractivity (Wildman–Crippen MR) is 87.9 cm³/mol. The van der Waals surface area contributed by atoms with Crippen LogP contribution in [-0.2, 0) is 0 Å². The van der Waals surface area contributed by atoms with Crippen molar-refractivity contribution in [1.82, 2.24) is 29.5 Å². The lowest BCUT2D eigenvalue weighted by Crippen LogP contribution is -2.60. The molecular weight excluding hydrogens is 357 g/mol. The molecule has 1 amide bonds. The van der Waals surface area contributed by atoms with Crippen molar-refractivity contribution in [2.45, 2.75) is 6.04 Å². The third-order valence-electron chi connectivity index (χ3n) is 4.14. The lowest BCUT2D eigenvalue weighted by molar-refractivity contribution is 0.130. The minimum Gasteiger partial charge on any atom is -0.465 e. The molecule has 0 atom stereocenters. The molecule has 1 aliphatic rings. The monoisotopic (exact) mass is 367 g/mol. The fourth-order valence-corrected chi connectivity index (χ4v) is 3.05. The molecule has 3 aromatic rings. The summed E-state index contributed by atoms with van der Waals surface area (Å²) in [4.78, 5) is 23.0. The van der Waals surface area contributed by atoms with Gasteiger partial charge in [0, 0.05) is 26.3 Å². The van der Waals surface area contributed by atoms with Crippen LogP contribution in [0.2, 0.25) is 10.0 Å². The van der Waals surface area contributed by atoms with Crippen LogP contribution in [-0.4, -0.2) is 66.8 Å². The van der Waals surface area contributed by atoms with Gasteiger partial charge in [0.1, 0.15) is 11.8 Å². The summed E-state index contributed by atoms with van der Waals surface area (Å²) >= 11 is 12.3. The first kappa shape index (κ1) is 15.2. The van der Waals surface area contributed by atoms with E-state index < -0.39 is 6.09 Å². The van der Waals surface area contributed by atoms with Gasteiger partial charge in [-0.05, 0) is 0 Å². The maximum Gasteiger partial charge on any atom is 0.407 e. The molecule has 0 aromatic carbocycles. The Morgan fingerprint density at radius 3 is 2.88 bits per heavy atom. The van der Waals surface area contributed by atoms with Gasteiger partial charge in [-0.15, -0.1) is 10.2 Å². The van der Waals surface area contributed by atoms with E-state index in [1.807, 2.05) is 4.90 Å². The zero-order chi connectivity index (χ0) is 17.0. The number of rotatable bonds is 2. The van der Waals surface area contributed by atoms with E-state index in [-0.39, 0.29) is 6.04 Å². The van der Waals surface area contributed by atoms with Crippen LogP contribution in [0.15, 0.2) is 12.5 Å². The summed E-state index contributed by atoms with van der Waals surface area (Å²) in [5, 5.41) is 17.7. The van der Waals surface area contributed by atoms with E-state index in [9.17, 15) is 4.79 Å². The summed E-state index contributed by atoms with van der Waals surface area (Å²) < 4.78 is 1.69. The highest BCUT2D eigenvalue weighted by molar-refractivity contribution is 6.44. The molecule has 1 saturated heterocycles. The molecule has 1 fully saturated rings. The van der Waals surface area contributed by atoms with Gasteiger partial charge in [0.25, 0.3) is 0 Å². The Morgan fingerprint density at radius 2 is 2.17 bits per heavy atom. The van der Waals surface area contributed by atoms with Crippen molar-refractivity contribution in [3.63, 3.8) is 0 Å². The highest BCUT2D eigenvalue weighted by Gasteiger charge is 2.35. The number of pyridine rings is 1. The Hall–Kier alpha value is -2.39. The minimum absolute atomic E-state index is 0.0928. The highest BCUT2D eigenvalue weighted by atomic mass is 35.5. The number of carbonyl (C=O) groups is 1. The maximum atomic E-state index is 11.0. The van der Waals surface area contributed by atoms with Crippen LogP contribution in [0.1, 0.15) is 0 Å². The van der Waals surface area contributed by atoms with Crippen molar-refractivity contribution >= 4 is 51.9 Å². The molecule has 0 radical (unpaired) electrons. The van der Waals surface area contributed by atoms with Gasteiger partial charge in [0.05, 0.1) is 16.1 Å². The molecule has 0 bridgehead atoms. The number of halogens is 2. The summed E-state index contributed by atoms with van der Waals surface area (Å²) in [6, 6.07) is -0.0928. The van der Waals surface area contributed by atoms with Crippen LogP contribution < -0.4 is 4.90 Å². The molecule has 124 valence electrons. The van der Waals surface area contributed by atoms with Gasteiger partial charge >= 0.3 is 6.09 Å². The van der Waals surface area contributed by atoms with Crippen LogP contribution in [0.5, 0.6) is 0 Å². The number of aromatic nitrogens is 5. The maximum absolute atomic E-state index is 11.0. The average molecular weight is 368 g/mol. The number of likely N-dealkylation sites (N-methyl/N-ethyl adjacent to an activating group) is 1. The highest BCUT2D eigenvalue weighted by Crippen LogP contribution is 2.32. The SMILES string of the molecule is CN(C(=O)O)C1CN(c2nc3ncc(Cl)c(Cl)c3n3cnnc23)C1. The van der Waals surface area contributed by atoms with Crippen LogP contribution in [0.4, 0.5) is 10.6 Å². The van der Waals surface area contributed by atoms with Crippen molar-refractivity contribution in [3.8, 4) is 0 Å². The number of fused-ring (bicyclic) bond motifs is 3. The molecule has 0 saturated carbocycles. The zero-order valence-electron chi connectivity index (χ0n) is 12.4. The first-order chi connectivity index (χ1) is 11.5. The third-order valence-corrected chi connectivity index (χ3v) is 4.91. The minimum atomic E-state index is -0.957. The summed E-state index contributed by atoms with van der Waals surface area (Å²) in [6.45, 7) is 1.04. The Balaban J connectivity index is 1.79. The standard InChI is InChI=1S/C13H11Cl2N7O2/c1-20(13(23)24)6-3-21(4-6)11-12-19-17-5-22(12)9-8(15)7(14)2-16-10(9)18-11/h2,5-6H,3-4H2,1H3,(H,23,24). The average Bonchev–Trinajstić information content (AvgIpc) is 2.98. The van der Waals surface area contributed by atoms with Gasteiger partial charge in [-0.25, -0.2) is 14.8 Å². The lowest BCUT2D eigenvalue weighted by atomic mass is 10.1. The molecule has 0 unspecified atom stereocenters.